The first-order valence-electron chi connectivity index (χ1n) is 6.52. The van der Waals surface area contributed by atoms with Gasteiger partial charge in [0.2, 0.25) is 0 Å². The van der Waals surface area contributed by atoms with Crippen molar-refractivity contribution >= 4 is 0 Å². The lowest BCUT2D eigenvalue weighted by Crippen LogP contribution is -3.16. The maximum atomic E-state index is 3.89. The molecular weight excluding hydrogens is 172 g/mol. The van der Waals surface area contributed by atoms with Crippen molar-refractivity contribution in [3.63, 3.8) is 0 Å². The number of likely N-dealkylation sites (tertiary alicyclic amines) is 1. The summed E-state index contributed by atoms with van der Waals surface area (Å²) in [5.41, 5.74) is 3.89. The van der Waals surface area contributed by atoms with Gasteiger partial charge in [0, 0.05) is 0 Å². The number of rotatable bonds is 6. The van der Waals surface area contributed by atoms with E-state index in [1.54, 1.807) is 0 Å². The van der Waals surface area contributed by atoms with Crippen molar-refractivity contribution in [2.24, 2.45) is 0 Å². The predicted octanol–water partition coefficient (Wildman–Crippen LogP) is 0.246. The molecule has 1 heterocycles. The molecule has 84 valence electrons. The van der Waals surface area contributed by atoms with Gasteiger partial charge in [-0.15, -0.1) is 0 Å². The highest BCUT2D eigenvalue weighted by Crippen LogP contribution is 2.05. The quantitative estimate of drug-likeness (QED) is 0.576. The molecule has 0 aromatic carbocycles. The second-order valence-corrected chi connectivity index (χ2v) is 4.67. The predicted molar refractivity (Wildman–Crippen MR) is 60.2 cm³/mol. The fraction of sp³-hybridized carbons (Fsp3) is 1.00. The minimum atomic E-state index is 0.975. The maximum Gasteiger partial charge on any atom is 0.0872 e. The zero-order valence-electron chi connectivity index (χ0n) is 9.86. The van der Waals surface area contributed by atoms with Gasteiger partial charge in [0.25, 0.3) is 0 Å². The summed E-state index contributed by atoms with van der Waals surface area (Å²) in [6.07, 6.45) is 9.92. The van der Waals surface area contributed by atoms with Gasteiger partial charge in [0.05, 0.1) is 25.7 Å². The zero-order valence-corrected chi connectivity index (χ0v) is 9.86. The van der Waals surface area contributed by atoms with Gasteiger partial charge in [-0.1, -0.05) is 6.92 Å². The summed E-state index contributed by atoms with van der Waals surface area (Å²) in [7, 11) is 0. The molecule has 0 aromatic rings. The smallest absolute Gasteiger partial charge is 0.0872 e. The van der Waals surface area contributed by atoms with Gasteiger partial charge < -0.3 is 10.6 Å². The van der Waals surface area contributed by atoms with Gasteiger partial charge in [-0.25, -0.2) is 0 Å². The van der Waals surface area contributed by atoms with Crippen LogP contribution in [0.4, 0.5) is 0 Å². The Morgan fingerprint density at radius 1 is 1.21 bits per heavy atom. The van der Waals surface area contributed by atoms with Crippen molar-refractivity contribution in [1.29, 1.82) is 0 Å². The fourth-order valence-corrected chi connectivity index (χ4v) is 2.68. The Bertz CT molecular complexity index is 136. The second kappa shape index (κ2) is 7.24. The molecule has 0 saturated carbocycles. The third-order valence-corrected chi connectivity index (χ3v) is 3.62. The van der Waals surface area contributed by atoms with Gasteiger partial charge >= 0.3 is 0 Å². The van der Waals surface area contributed by atoms with Gasteiger partial charge in [-0.2, -0.15) is 0 Å². The minimum absolute atomic E-state index is 0.975. The number of quaternary nitrogens is 2. The van der Waals surface area contributed by atoms with Crippen LogP contribution >= 0.6 is 0 Å². The van der Waals surface area contributed by atoms with Crippen LogP contribution in [-0.4, -0.2) is 25.7 Å². The largest absolute Gasteiger partial charge is 0.358 e. The molecule has 1 saturated heterocycles. The molecule has 1 aliphatic heterocycles. The van der Waals surface area contributed by atoms with E-state index in [4.69, 9.17) is 0 Å². The monoisotopic (exact) mass is 200 g/mol. The van der Waals surface area contributed by atoms with Crippen LogP contribution in [-0.2, 0) is 0 Å². The van der Waals surface area contributed by atoms with Gasteiger partial charge in [-0.05, 0) is 44.9 Å². The first-order chi connectivity index (χ1) is 6.88. The van der Waals surface area contributed by atoms with E-state index >= 15 is 0 Å². The van der Waals surface area contributed by atoms with E-state index < -0.39 is 0 Å². The molecule has 2 atom stereocenters. The summed E-state index contributed by atoms with van der Waals surface area (Å²) in [4.78, 5) is 1.89. The highest BCUT2D eigenvalue weighted by Gasteiger charge is 2.23. The fourth-order valence-electron chi connectivity index (χ4n) is 2.68. The average molecular weight is 200 g/mol. The van der Waals surface area contributed by atoms with Gasteiger partial charge in [0.1, 0.15) is 0 Å². The summed E-state index contributed by atoms with van der Waals surface area (Å²) >= 11 is 0. The van der Waals surface area contributed by atoms with Crippen LogP contribution in [0.15, 0.2) is 0 Å². The third kappa shape index (κ3) is 3.97. The molecule has 0 aliphatic carbocycles. The van der Waals surface area contributed by atoms with Gasteiger partial charge in [0.15, 0.2) is 0 Å². The summed E-state index contributed by atoms with van der Waals surface area (Å²) < 4.78 is 0. The molecule has 1 unspecified atom stereocenters. The van der Waals surface area contributed by atoms with Crippen molar-refractivity contribution in [3.8, 4) is 0 Å². The zero-order chi connectivity index (χ0) is 10.2. The van der Waals surface area contributed by atoms with Crippen molar-refractivity contribution in [3.05, 3.63) is 0 Å². The first kappa shape index (κ1) is 12.0. The Hall–Kier alpha value is -0.0800. The van der Waals surface area contributed by atoms with E-state index in [1.807, 2.05) is 4.90 Å². The highest BCUT2D eigenvalue weighted by atomic mass is 15.2. The number of nitrogens with one attached hydrogen (secondary N) is 1. The van der Waals surface area contributed by atoms with E-state index in [1.165, 1.54) is 58.0 Å². The van der Waals surface area contributed by atoms with Crippen molar-refractivity contribution < 1.29 is 10.6 Å². The Labute approximate surface area is 88.8 Å². The normalized spacial score (nSPS) is 27.9. The van der Waals surface area contributed by atoms with Crippen LogP contribution in [0.1, 0.15) is 51.9 Å². The van der Waals surface area contributed by atoms with E-state index in [0.29, 0.717) is 0 Å². The lowest BCUT2D eigenvalue weighted by Gasteiger charge is -2.32. The Balaban J connectivity index is 2.13. The molecule has 2 nitrogen and oxygen atoms in total. The second-order valence-electron chi connectivity index (χ2n) is 4.67. The molecule has 4 N–H and O–H groups in total. The van der Waals surface area contributed by atoms with E-state index in [0.717, 1.165) is 12.6 Å². The summed E-state index contributed by atoms with van der Waals surface area (Å²) in [5.74, 6) is 0. The number of hydrogen-bond donors (Lipinski definition) is 2. The molecule has 1 rings (SSSR count). The van der Waals surface area contributed by atoms with E-state index in [2.05, 4.69) is 12.7 Å². The van der Waals surface area contributed by atoms with Crippen LogP contribution in [0.25, 0.3) is 0 Å². The molecule has 0 bridgehead atoms. The topological polar surface area (TPSA) is 32.1 Å². The molecule has 0 aromatic heterocycles. The lowest BCUT2D eigenvalue weighted by molar-refractivity contribution is -0.931. The molecule has 1 aliphatic rings. The van der Waals surface area contributed by atoms with Crippen LogP contribution in [0.5, 0.6) is 0 Å². The lowest BCUT2D eigenvalue weighted by atomic mass is 9.99. The number of unbranched alkanes of at least 4 members (excludes halogenated alkanes) is 2. The summed E-state index contributed by atoms with van der Waals surface area (Å²) in [5, 5.41) is 0. The Kier molecular flexibility index (Phi) is 6.20. The standard InChI is InChI=1S/C12H26N2/c1-2-12-8-4-7-11-14(12)10-6-3-5-9-13/h12H,2-11,13H2,1H3/p+2/t12-/m0/s1. The number of piperidine rings is 1. The molecule has 0 spiro atoms. The van der Waals surface area contributed by atoms with Crippen LogP contribution in [0.3, 0.4) is 0 Å². The number of hydrogen-bond acceptors (Lipinski definition) is 0. The SMILES string of the molecule is CC[C@H]1CCCC[NH+]1CCCCC[NH3+]. The van der Waals surface area contributed by atoms with Crippen LogP contribution < -0.4 is 10.6 Å². The molecule has 0 amide bonds. The van der Waals surface area contributed by atoms with E-state index in [-0.39, 0.29) is 0 Å². The molecular formula is C12H28N2+2. The maximum absolute atomic E-state index is 3.89. The molecule has 2 heteroatoms. The highest BCUT2D eigenvalue weighted by molar-refractivity contribution is 4.59. The Morgan fingerprint density at radius 3 is 2.79 bits per heavy atom. The minimum Gasteiger partial charge on any atom is -0.358 e. The average Bonchev–Trinajstić information content (AvgIpc) is 2.25. The van der Waals surface area contributed by atoms with Crippen molar-refractivity contribution in [2.45, 2.75) is 57.9 Å². The third-order valence-electron chi connectivity index (χ3n) is 3.62. The van der Waals surface area contributed by atoms with Crippen molar-refractivity contribution in [2.75, 3.05) is 19.6 Å². The summed E-state index contributed by atoms with van der Waals surface area (Å²) in [6.45, 7) is 6.32. The molecule has 0 radical (unpaired) electrons. The van der Waals surface area contributed by atoms with Crippen LogP contribution in [0.2, 0.25) is 0 Å². The first-order valence-corrected chi connectivity index (χ1v) is 6.52. The summed E-state index contributed by atoms with van der Waals surface area (Å²) in [6, 6.07) is 0.975. The van der Waals surface area contributed by atoms with Gasteiger partial charge in [-0.3, -0.25) is 0 Å². The van der Waals surface area contributed by atoms with Crippen molar-refractivity contribution in [1.82, 2.24) is 0 Å². The van der Waals surface area contributed by atoms with E-state index in [9.17, 15) is 0 Å². The van der Waals surface area contributed by atoms with Crippen LogP contribution in [0, 0.1) is 0 Å². The Morgan fingerprint density at radius 2 is 2.07 bits per heavy atom. The molecule has 14 heavy (non-hydrogen) atoms. The molecule has 1 fully saturated rings.